The van der Waals surface area contributed by atoms with Crippen molar-refractivity contribution in [2.75, 3.05) is 12.4 Å². The number of carboxylic acid groups (broad SMARTS) is 1. The van der Waals surface area contributed by atoms with E-state index in [4.69, 9.17) is 44.3 Å². The Kier molecular flexibility index (Phi) is 7.14. The molecule has 9 heteroatoms. The largest absolute Gasteiger partial charge is 0.493 e. The van der Waals surface area contributed by atoms with Gasteiger partial charge >= 0.3 is 5.97 Å². The number of fused-ring (bicyclic) bond motifs is 3. The van der Waals surface area contributed by atoms with Crippen LogP contribution in [-0.4, -0.2) is 18.2 Å². The van der Waals surface area contributed by atoms with E-state index in [0.717, 1.165) is 27.6 Å². The summed E-state index contributed by atoms with van der Waals surface area (Å²) < 4.78 is 12.5. The van der Waals surface area contributed by atoms with E-state index in [9.17, 15) is 9.90 Å². The van der Waals surface area contributed by atoms with Crippen LogP contribution >= 0.6 is 50.7 Å². The van der Waals surface area contributed by atoms with Crippen LogP contribution in [0.25, 0.3) is 0 Å². The van der Waals surface area contributed by atoms with Crippen LogP contribution in [-0.2, 0) is 6.61 Å². The van der Waals surface area contributed by atoms with Gasteiger partial charge < -0.3 is 19.9 Å². The van der Waals surface area contributed by atoms with Gasteiger partial charge in [0.2, 0.25) is 0 Å². The highest BCUT2D eigenvalue weighted by atomic mass is 79.9. The van der Waals surface area contributed by atoms with Crippen molar-refractivity contribution in [3.05, 3.63) is 96.4 Å². The fourth-order valence-corrected chi connectivity index (χ4v) is 6.15. The summed E-state index contributed by atoms with van der Waals surface area (Å²) in [6.07, 6.45) is 5.00. The molecular formula is C27H21BrCl3NO4. The third-order valence-corrected chi connectivity index (χ3v) is 8.32. The maximum Gasteiger partial charge on any atom is 0.336 e. The molecule has 2 aliphatic rings. The van der Waals surface area contributed by atoms with Gasteiger partial charge in [-0.05, 0) is 81.4 Å². The summed E-state index contributed by atoms with van der Waals surface area (Å²) in [5.74, 6) is 0.228. The third-order valence-electron chi connectivity index (χ3n) is 6.68. The number of allylic oxidation sites excluding steroid dienone is 2. The number of rotatable bonds is 6. The Bertz CT molecular complexity index is 1390. The summed E-state index contributed by atoms with van der Waals surface area (Å²) >= 11 is 22.4. The van der Waals surface area contributed by atoms with Crippen molar-refractivity contribution in [1.82, 2.24) is 0 Å². The average molecular weight is 610 g/mol. The molecule has 5 nitrogen and oxygen atoms in total. The molecule has 0 saturated carbocycles. The van der Waals surface area contributed by atoms with Crippen LogP contribution < -0.4 is 14.8 Å². The van der Waals surface area contributed by atoms with Crippen molar-refractivity contribution in [1.29, 1.82) is 0 Å². The molecular weight excluding hydrogens is 589 g/mol. The van der Waals surface area contributed by atoms with E-state index in [1.807, 2.05) is 18.2 Å². The highest BCUT2D eigenvalue weighted by Crippen LogP contribution is 2.53. The molecule has 186 valence electrons. The first-order valence-electron chi connectivity index (χ1n) is 11.2. The minimum atomic E-state index is -0.963. The van der Waals surface area contributed by atoms with Crippen molar-refractivity contribution < 1.29 is 19.4 Å². The number of aromatic carboxylic acids is 1. The second-order valence-corrected chi connectivity index (χ2v) is 10.8. The van der Waals surface area contributed by atoms with Crippen LogP contribution in [0.1, 0.15) is 45.4 Å². The van der Waals surface area contributed by atoms with Gasteiger partial charge in [0.05, 0.1) is 43.9 Å². The summed E-state index contributed by atoms with van der Waals surface area (Å²) in [7, 11) is 1.59. The van der Waals surface area contributed by atoms with Gasteiger partial charge in [0.25, 0.3) is 0 Å². The smallest absolute Gasteiger partial charge is 0.336 e. The predicted molar refractivity (Wildman–Crippen MR) is 146 cm³/mol. The van der Waals surface area contributed by atoms with Gasteiger partial charge in [-0.15, -0.1) is 0 Å². The van der Waals surface area contributed by atoms with Crippen molar-refractivity contribution in [2.24, 2.45) is 5.92 Å². The van der Waals surface area contributed by atoms with Gasteiger partial charge in [-0.1, -0.05) is 53.0 Å². The Hall–Kier alpha value is -2.38. The molecule has 2 N–H and O–H groups in total. The van der Waals surface area contributed by atoms with Crippen LogP contribution in [0.4, 0.5) is 5.69 Å². The summed E-state index contributed by atoms with van der Waals surface area (Å²) in [4.78, 5) is 11.9. The van der Waals surface area contributed by atoms with Crippen molar-refractivity contribution in [2.45, 2.75) is 25.0 Å². The number of hydrogen-bond donors (Lipinski definition) is 2. The van der Waals surface area contributed by atoms with Gasteiger partial charge in [0, 0.05) is 5.92 Å². The summed E-state index contributed by atoms with van der Waals surface area (Å²) in [5.41, 5.74) is 3.51. The van der Waals surface area contributed by atoms with Crippen molar-refractivity contribution in [3.8, 4) is 11.5 Å². The van der Waals surface area contributed by atoms with Crippen LogP contribution in [0.3, 0.4) is 0 Å². The lowest BCUT2D eigenvalue weighted by Crippen LogP contribution is -2.30. The number of ether oxygens (including phenoxy) is 2. The van der Waals surface area contributed by atoms with Gasteiger partial charge in [-0.3, -0.25) is 0 Å². The summed E-state index contributed by atoms with van der Waals surface area (Å²) in [6, 6.07) is 12.4. The number of anilines is 1. The second kappa shape index (κ2) is 10.2. The van der Waals surface area contributed by atoms with E-state index < -0.39 is 5.97 Å². The molecule has 0 unspecified atom stereocenters. The minimum absolute atomic E-state index is 0.0635. The standard InChI is InChI=1S/C27H21BrCl3NO4/c1-35-22-11-14(10-18(28)26(22)36-12-13-5-7-19(29)21(31)9-13)24-16-4-2-3-15(16)23-17(27(33)34)6-8-20(30)25(23)32-24/h2-3,5-11,15-16,24,32H,4,12H2,1H3,(H,33,34)/t15-,16-,24+/m1/s1. The topological polar surface area (TPSA) is 67.8 Å². The SMILES string of the molecule is COc1cc([C@@H]2Nc3c(Cl)ccc(C(=O)O)c3[C@@H]3C=CC[C@H]32)cc(Br)c1OCc1ccc(Cl)c(Cl)c1. The van der Waals surface area contributed by atoms with E-state index in [-0.39, 0.29) is 30.0 Å². The predicted octanol–water partition coefficient (Wildman–Crippen LogP) is 8.52. The molecule has 3 aromatic rings. The number of nitrogens with one attached hydrogen (secondary N) is 1. The third kappa shape index (κ3) is 4.56. The summed E-state index contributed by atoms with van der Waals surface area (Å²) in [5, 5.41) is 14.8. The van der Waals surface area contributed by atoms with Crippen molar-refractivity contribution >= 4 is 62.4 Å². The van der Waals surface area contributed by atoms with E-state index in [1.54, 1.807) is 31.4 Å². The molecule has 1 heterocycles. The summed E-state index contributed by atoms with van der Waals surface area (Å²) in [6.45, 7) is 0.280. The molecule has 1 aliphatic heterocycles. The van der Waals surface area contributed by atoms with Gasteiger partial charge in [0.1, 0.15) is 6.61 Å². The zero-order valence-electron chi connectivity index (χ0n) is 19.0. The Balaban J connectivity index is 1.49. The molecule has 1 aliphatic carbocycles. The maximum atomic E-state index is 11.9. The van der Waals surface area contributed by atoms with Crippen molar-refractivity contribution in [3.63, 3.8) is 0 Å². The quantitative estimate of drug-likeness (QED) is 0.274. The fraction of sp³-hybridized carbons (Fsp3) is 0.222. The molecule has 0 amide bonds. The molecule has 36 heavy (non-hydrogen) atoms. The van der Waals surface area contributed by atoms with E-state index >= 15 is 0 Å². The molecule has 0 bridgehead atoms. The lowest BCUT2D eigenvalue weighted by atomic mass is 9.75. The number of carboxylic acids is 1. The molecule has 0 spiro atoms. The molecule has 3 aromatic carbocycles. The van der Waals surface area contributed by atoms with E-state index in [0.29, 0.717) is 32.3 Å². The van der Waals surface area contributed by atoms with Crippen LogP contribution in [0, 0.1) is 5.92 Å². The van der Waals surface area contributed by atoms with E-state index in [2.05, 4.69) is 33.4 Å². The van der Waals surface area contributed by atoms with Crippen LogP contribution in [0.5, 0.6) is 11.5 Å². The lowest BCUT2D eigenvalue weighted by Gasteiger charge is -2.38. The van der Waals surface area contributed by atoms with E-state index in [1.165, 1.54) is 0 Å². The number of halogens is 4. The first kappa shape index (κ1) is 25.3. The van der Waals surface area contributed by atoms with Crippen LogP contribution in [0.2, 0.25) is 15.1 Å². The first-order valence-corrected chi connectivity index (χ1v) is 13.1. The molecule has 0 aromatic heterocycles. The maximum absolute atomic E-state index is 11.9. The Morgan fingerprint density at radius 2 is 1.89 bits per heavy atom. The van der Waals surface area contributed by atoms with Gasteiger partial charge in [0.15, 0.2) is 11.5 Å². The van der Waals surface area contributed by atoms with Gasteiger partial charge in [-0.25, -0.2) is 4.79 Å². The molecule has 5 rings (SSSR count). The zero-order chi connectivity index (χ0) is 25.6. The molecule has 3 atom stereocenters. The number of carbonyl (C=O) groups is 1. The molecule has 0 radical (unpaired) electrons. The first-order chi connectivity index (χ1) is 17.3. The minimum Gasteiger partial charge on any atom is -0.493 e. The highest BCUT2D eigenvalue weighted by Gasteiger charge is 2.41. The fourth-order valence-electron chi connectivity index (χ4n) is 5.04. The molecule has 0 saturated heterocycles. The average Bonchev–Trinajstić information content (AvgIpc) is 3.34. The number of benzene rings is 3. The molecule has 0 fully saturated rings. The Morgan fingerprint density at radius 3 is 2.61 bits per heavy atom. The zero-order valence-corrected chi connectivity index (χ0v) is 22.9. The number of methoxy groups -OCH3 is 1. The Morgan fingerprint density at radius 1 is 1.11 bits per heavy atom. The Labute approximate surface area is 232 Å². The van der Waals surface area contributed by atoms with Crippen LogP contribution in [0.15, 0.2) is 59.1 Å². The van der Waals surface area contributed by atoms with Gasteiger partial charge in [-0.2, -0.15) is 0 Å². The number of hydrogen-bond acceptors (Lipinski definition) is 4. The normalized spacial score (nSPS) is 19.9. The lowest BCUT2D eigenvalue weighted by molar-refractivity contribution is 0.0695. The second-order valence-electron chi connectivity index (χ2n) is 8.74. The highest BCUT2D eigenvalue weighted by molar-refractivity contribution is 9.10. The monoisotopic (exact) mass is 607 g/mol.